The minimum absolute atomic E-state index is 0.0551. The molecule has 1 atom stereocenters. The van der Waals surface area contributed by atoms with E-state index < -0.39 is 11.9 Å². The van der Waals surface area contributed by atoms with Crippen molar-refractivity contribution in [3.8, 4) is 23.0 Å². The SMILES string of the molecule is C[C@H](NC(=O)c1c(N)nn2cccnc12)c1nc2scc(C#Cc3ccn(C)n3)n2c(=O)c1-c1ccccc1. The molecule has 5 aromatic heterocycles. The van der Waals surface area contributed by atoms with Crippen molar-refractivity contribution in [2.24, 2.45) is 7.05 Å². The summed E-state index contributed by atoms with van der Waals surface area (Å²) in [6.45, 7) is 1.77. The van der Waals surface area contributed by atoms with E-state index in [1.165, 1.54) is 20.3 Å². The third-order valence-electron chi connectivity index (χ3n) is 6.10. The number of aryl methyl sites for hydroxylation is 1. The summed E-state index contributed by atoms with van der Waals surface area (Å²) in [5, 5.41) is 13.2. The molecule has 6 rings (SSSR count). The van der Waals surface area contributed by atoms with Gasteiger partial charge in [0, 0.05) is 31.0 Å². The summed E-state index contributed by atoms with van der Waals surface area (Å²) in [5.74, 6) is 5.63. The second-order valence-corrected chi connectivity index (χ2v) is 9.59. The smallest absolute Gasteiger partial charge is 0.267 e. The van der Waals surface area contributed by atoms with Crippen LogP contribution in [-0.2, 0) is 7.05 Å². The number of amides is 1. The highest BCUT2D eigenvalue weighted by Gasteiger charge is 2.25. The van der Waals surface area contributed by atoms with E-state index in [0.29, 0.717) is 38.8 Å². The summed E-state index contributed by atoms with van der Waals surface area (Å²) < 4.78 is 4.60. The predicted molar refractivity (Wildman–Crippen MR) is 147 cm³/mol. The Morgan fingerprint density at radius 2 is 1.92 bits per heavy atom. The first-order chi connectivity index (χ1) is 18.9. The number of anilines is 1. The van der Waals surface area contributed by atoms with E-state index in [2.05, 4.69) is 32.3 Å². The van der Waals surface area contributed by atoms with Gasteiger partial charge in [0.15, 0.2) is 16.4 Å². The quantitative estimate of drug-likeness (QED) is 0.331. The molecule has 0 aliphatic rings. The van der Waals surface area contributed by atoms with Crippen molar-refractivity contribution in [1.82, 2.24) is 39.1 Å². The normalized spacial score (nSPS) is 11.8. The highest BCUT2D eigenvalue weighted by Crippen LogP contribution is 2.27. The Kier molecular flexibility index (Phi) is 5.90. The van der Waals surface area contributed by atoms with Gasteiger partial charge in [-0.25, -0.2) is 18.9 Å². The highest BCUT2D eigenvalue weighted by atomic mass is 32.1. The molecule has 0 spiro atoms. The number of aromatic nitrogens is 7. The van der Waals surface area contributed by atoms with Gasteiger partial charge in [0.05, 0.1) is 17.3 Å². The van der Waals surface area contributed by atoms with Crippen LogP contribution in [0.5, 0.6) is 0 Å². The van der Waals surface area contributed by atoms with Gasteiger partial charge in [-0.15, -0.1) is 16.4 Å². The molecule has 0 aliphatic heterocycles. The molecule has 12 heteroatoms. The lowest BCUT2D eigenvalue weighted by Crippen LogP contribution is -2.30. The third-order valence-corrected chi connectivity index (χ3v) is 6.93. The molecule has 0 radical (unpaired) electrons. The number of nitrogens with one attached hydrogen (secondary N) is 1. The first-order valence-corrected chi connectivity index (χ1v) is 12.8. The van der Waals surface area contributed by atoms with Crippen molar-refractivity contribution < 1.29 is 4.79 Å². The van der Waals surface area contributed by atoms with Gasteiger partial charge in [-0.1, -0.05) is 30.3 Å². The molecule has 1 aromatic carbocycles. The molecule has 0 saturated carbocycles. The first-order valence-electron chi connectivity index (χ1n) is 11.9. The van der Waals surface area contributed by atoms with E-state index in [1.807, 2.05) is 37.4 Å². The van der Waals surface area contributed by atoms with Crippen LogP contribution in [0, 0.1) is 11.8 Å². The van der Waals surface area contributed by atoms with Crippen LogP contribution in [0.1, 0.15) is 40.4 Å². The molecule has 0 fully saturated rings. The number of hydrogen-bond donors (Lipinski definition) is 2. The molecule has 0 unspecified atom stereocenters. The number of thiazole rings is 1. The Labute approximate surface area is 225 Å². The lowest BCUT2D eigenvalue weighted by atomic mass is 10.0. The van der Waals surface area contributed by atoms with Crippen LogP contribution in [0.3, 0.4) is 0 Å². The van der Waals surface area contributed by atoms with Crippen LogP contribution in [-0.4, -0.2) is 39.7 Å². The average molecular weight is 536 g/mol. The van der Waals surface area contributed by atoms with Gasteiger partial charge < -0.3 is 11.1 Å². The van der Waals surface area contributed by atoms with E-state index in [-0.39, 0.29) is 16.9 Å². The fourth-order valence-corrected chi connectivity index (χ4v) is 5.13. The number of benzene rings is 1. The number of hydrogen-bond acceptors (Lipinski definition) is 8. The van der Waals surface area contributed by atoms with Gasteiger partial charge in [-0.2, -0.15) is 5.10 Å². The zero-order valence-electron chi connectivity index (χ0n) is 20.9. The zero-order valence-corrected chi connectivity index (χ0v) is 21.7. The maximum absolute atomic E-state index is 14.0. The van der Waals surface area contributed by atoms with Gasteiger partial charge in [-0.3, -0.25) is 14.3 Å². The number of nitrogens with two attached hydrogens (primary N) is 1. The number of carbonyl (C=O) groups is 1. The highest BCUT2D eigenvalue weighted by molar-refractivity contribution is 7.15. The van der Waals surface area contributed by atoms with E-state index >= 15 is 0 Å². The van der Waals surface area contributed by atoms with Crippen LogP contribution in [0.15, 0.2) is 71.2 Å². The van der Waals surface area contributed by atoms with Crippen molar-refractivity contribution in [2.45, 2.75) is 13.0 Å². The Bertz CT molecular complexity index is 1990. The minimum Gasteiger partial charge on any atom is -0.381 e. The molecule has 11 nitrogen and oxygen atoms in total. The van der Waals surface area contributed by atoms with E-state index in [0.717, 1.165) is 0 Å². The number of nitrogens with zero attached hydrogens (tertiary/aromatic N) is 7. The average Bonchev–Trinajstić information content (AvgIpc) is 3.63. The van der Waals surface area contributed by atoms with Gasteiger partial charge >= 0.3 is 0 Å². The molecular formula is C27H21N9O2S. The molecule has 6 aromatic rings. The number of carbonyl (C=O) groups excluding carboxylic acids is 1. The molecule has 3 N–H and O–H groups in total. The monoisotopic (exact) mass is 535 g/mol. The van der Waals surface area contributed by atoms with Crippen LogP contribution in [0.2, 0.25) is 0 Å². The Balaban J connectivity index is 1.45. The van der Waals surface area contributed by atoms with Crippen molar-refractivity contribution in [2.75, 3.05) is 5.73 Å². The Morgan fingerprint density at radius 3 is 2.69 bits per heavy atom. The fraction of sp³-hybridized carbons (Fsp3) is 0.111. The van der Waals surface area contributed by atoms with Crippen molar-refractivity contribution in [1.29, 1.82) is 0 Å². The fourth-order valence-electron chi connectivity index (χ4n) is 4.31. The van der Waals surface area contributed by atoms with Crippen LogP contribution < -0.4 is 16.6 Å². The molecule has 1 amide bonds. The van der Waals surface area contributed by atoms with E-state index in [1.54, 1.807) is 47.7 Å². The van der Waals surface area contributed by atoms with Gasteiger partial charge in [-0.05, 0) is 36.5 Å². The lowest BCUT2D eigenvalue weighted by molar-refractivity contribution is 0.0941. The zero-order chi connectivity index (χ0) is 27.1. The first kappa shape index (κ1) is 24.1. The van der Waals surface area contributed by atoms with Crippen LogP contribution in [0.4, 0.5) is 5.82 Å². The Morgan fingerprint density at radius 1 is 1.10 bits per heavy atom. The molecule has 39 heavy (non-hydrogen) atoms. The Hall–Kier alpha value is -5.28. The molecular weight excluding hydrogens is 514 g/mol. The summed E-state index contributed by atoms with van der Waals surface area (Å²) in [4.78, 5) is 36.8. The van der Waals surface area contributed by atoms with Gasteiger partial charge in [0.1, 0.15) is 17.0 Å². The number of nitrogen functional groups attached to an aromatic ring is 1. The predicted octanol–water partition coefficient (Wildman–Crippen LogP) is 2.67. The van der Waals surface area contributed by atoms with E-state index in [9.17, 15) is 9.59 Å². The van der Waals surface area contributed by atoms with Crippen molar-refractivity contribution in [3.63, 3.8) is 0 Å². The largest absolute Gasteiger partial charge is 0.381 e. The minimum atomic E-state index is -0.645. The second-order valence-electron chi connectivity index (χ2n) is 8.75. The summed E-state index contributed by atoms with van der Waals surface area (Å²) in [6.07, 6.45) is 5.02. The molecule has 0 saturated heterocycles. The van der Waals surface area contributed by atoms with Crippen LogP contribution in [0.25, 0.3) is 21.7 Å². The van der Waals surface area contributed by atoms with Crippen LogP contribution >= 0.6 is 11.3 Å². The lowest BCUT2D eigenvalue weighted by Gasteiger charge is -2.17. The van der Waals surface area contributed by atoms with Gasteiger partial charge in [0.25, 0.3) is 11.5 Å². The standard InChI is InChI=1S/C27H21N9O2S/c1-16(30-25(37)21-23(28)33-35-13-6-12-29-24(21)35)22-20(17-7-4-3-5-8-17)26(38)36-19(15-39-27(36)31-22)10-9-18-11-14-34(2)32-18/h3-8,11-16H,1-2H3,(H2,28,33)(H,30,37)/t16-/m0/s1. The topological polar surface area (TPSA) is 138 Å². The van der Waals surface area contributed by atoms with Crippen molar-refractivity contribution in [3.05, 3.63) is 99.4 Å². The molecule has 5 heterocycles. The molecule has 0 bridgehead atoms. The summed E-state index contributed by atoms with van der Waals surface area (Å²) in [6, 6.07) is 12.1. The summed E-state index contributed by atoms with van der Waals surface area (Å²) >= 11 is 1.29. The van der Waals surface area contributed by atoms with Gasteiger partial charge in [0.2, 0.25) is 0 Å². The van der Waals surface area contributed by atoms with Crippen molar-refractivity contribution >= 4 is 33.7 Å². The second kappa shape index (κ2) is 9.55. The number of fused-ring (bicyclic) bond motifs is 2. The maximum atomic E-state index is 14.0. The summed E-state index contributed by atoms with van der Waals surface area (Å²) in [5.41, 5.74) is 8.81. The van der Waals surface area contributed by atoms with E-state index in [4.69, 9.17) is 10.7 Å². The molecule has 0 aliphatic carbocycles. The molecule has 192 valence electrons. The third kappa shape index (κ3) is 4.30. The number of rotatable bonds is 4. The summed E-state index contributed by atoms with van der Waals surface area (Å²) in [7, 11) is 1.81. The maximum Gasteiger partial charge on any atom is 0.267 e.